The lowest BCUT2D eigenvalue weighted by Gasteiger charge is -2.06. The highest BCUT2D eigenvalue weighted by Gasteiger charge is 2.06. The van der Waals surface area contributed by atoms with Gasteiger partial charge in [-0.2, -0.15) is 0 Å². The number of methoxy groups -OCH3 is 1. The van der Waals surface area contributed by atoms with Gasteiger partial charge in [0.2, 0.25) is 0 Å². The Hall–Kier alpha value is -1.78. The number of hydrogen-bond donors (Lipinski definition) is 1. The fourth-order valence-corrected chi connectivity index (χ4v) is 1.89. The molecule has 0 atom stereocenters. The van der Waals surface area contributed by atoms with Crippen molar-refractivity contribution in [3.63, 3.8) is 0 Å². The highest BCUT2D eigenvalue weighted by atomic mass is 16.5. The van der Waals surface area contributed by atoms with Crippen LogP contribution in [-0.4, -0.2) is 13.7 Å². The minimum absolute atomic E-state index is 0.486. The van der Waals surface area contributed by atoms with E-state index in [1.807, 2.05) is 30.3 Å². The van der Waals surface area contributed by atoms with E-state index in [1.165, 1.54) is 0 Å². The molecule has 0 fully saturated rings. The molecule has 0 saturated heterocycles. The van der Waals surface area contributed by atoms with E-state index in [9.17, 15) is 0 Å². The Balaban J connectivity index is 1.81. The second-order valence-electron chi connectivity index (χ2n) is 4.49. The molecule has 0 radical (unpaired) electrons. The largest absolute Gasteiger partial charge is 0.497 e. The normalized spacial score (nSPS) is 10.7. The van der Waals surface area contributed by atoms with Crippen LogP contribution in [0.1, 0.15) is 23.8 Å². The molecular formula is C16H21NO3. The van der Waals surface area contributed by atoms with Crippen molar-refractivity contribution in [1.29, 1.82) is 0 Å². The summed E-state index contributed by atoms with van der Waals surface area (Å²) in [5, 5.41) is 3.28. The predicted octanol–water partition coefficient (Wildman–Crippen LogP) is 3.11. The van der Waals surface area contributed by atoms with Crippen LogP contribution in [0.5, 0.6) is 5.75 Å². The van der Waals surface area contributed by atoms with Gasteiger partial charge in [0, 0.05) is 12.1 Å². The van der Waals surface area contributed by atoms with Gasteiger partial charge in [-0.15, -0.1) is 0 Å². The molecule has 0 bridgehead atoms. The quantitative estimate of drug-likeness (QED) is 0.804. The molecule has 0 aliphatic heterocycles. The second kappa shape index (κ2) is 7.72. The first kappa shape index (κ1) is 14.6. The van der Waals surface area contributed by atoms with Gasteiger partial charge >= 0.3 is 0 Å². The molecule has 108 valence electrons. The minimum atomic E-state index is 0.486. The van der Waals surface area contributed by atoms with Crippen molar-refractivity contribution in [3.8, 4) is 5.75 Å². The van der Waals surface area contributed by atoms with E-state index >= 15 is 0 Å². The van der Waals surface area contributed by atoms with Crippen molar-refractivity contribution in [3.05, 3.63) is 53.5 Å². The molecule has 4 nitrogen and oxygen atoms in total. The van der Waals surface area contributed by atoms with E-state index in [2.05, 4.69) is 12.2 Å². The Kier molecular flexibility index (Phi) is 5.65. The van der Waals surface area contributed by atoms with Crippen molar-refractivity contribution in [1.82, 2.24) is 5.32 Å². The minimum Gasteiger partial charge on any atom is -0.497 e. The molecule has 0 aliphatic carbocycles. The summed E-state index contributed by atoms with van der Waals surface area (Å²) in [4.78, 5) is 0. The maximum Gasteiger partial charge on any atom is 0.133 e. The first-order chi connectivity index (χ1) is 9.83. The van der Waals surface area contributed by atoms with E-state index in [4.69, 9.17) is 13.9 Å². The maximum absolute atomic E-state index is 5.70. The Morgan fingerprint density at radius 2 is 1.90 bits per heavy atom. The molecule has 0 spiro atoms. The molecule has 0 unspecified atom stereocenters. The third-order valence-corrected chi connectivity index (χ3v) is 3.06. The summed E-state index contributed by atoms with van der Waals surface area (Å²) in [5.74, 6) is 1.74. The average molecular weight is 275 g/mol. The summed E-state index contributed by atoms with van der Waals surface area (Å²) in [6, 6.07) is 9.85. The topological polar surface area (TPSA) is 43.6 Å². The van der Waals surface area contributed by atoms with E-state index < -0.39 is 0 Å². The fraction of sp³-hybridized carbons (Fsp3) is 0.375. The van der Waals surface area contributed by atoms with Gasteiger partial charge in [-0.05, 0) is 30.3 Å². The standard InChI is InChI=1S/C16H21NO3/c1-3-17-10-14-8-9-20-16(14)12-19-11-13-4-6-15(18-2)7-5-13/h4-9,17H,3,10-12H2,1-2H3. The molecule has 1 N–H and O–H groups in total. The molecule has 2 rings (SSSR count). The number of ether oxygens (including phenoxy) is 2. The molecule has 0 amide bonds. The Bertz CT molecular complexity index is 505. The van der Waals surface area contributed by atoms with Gasteiger partial charge in [0.15, 0.2) is 0 Å². The van der Waals surface area contributed by atoms with Crippen LogP contribution in [-0.2, 0) is 24.5 Å². The summed E-state index contributed by atoms with van der Waals surface area (Å²) in [6.45, 7) is 4.89. The van der Waals surface area contributed by atoms with Crippen LogP contribution in [0.15, 0.2) is 41.0 Å². The zero-order valence-corrected chi connectivity index (χ0v) is 12.0. The maximum atomic E-state index is 5.70. The molecule has 4 heteroatoms. The number of rotatable bonds is 8. The zero-order valence-electron chi connectivity index (χ0n) is 12.0. The van der Waals surface area contributed by atoms with E-state index in [0.717, 1.165) is 35.7 Å². The third kappa shape index (κ3) is 4.11. The van der Waals surface area contributed by atoms with Gasteiger partial charge in [0.25, 0.3) is 0 Å². The summed E-state index contributed by atoms with van der Waals surface area (Å²) in [5.41, 5.74) is 2.27. The monoisotopic (exact) mass is 275 g/mol. The molecule has 1 heterocycles. The Morgan fingerprint density at radius 1 is 1.10 bits per heavy atom. The van der Waals surface area contributed by atoms with Crippen molar-refractivity contribution in [2.75, 3.05) is 13.7 Å². The predicted molar refractivity (Wildman–Crippen MR) is 77.6 cm³/mol. The van der Waals surface area contributed by atoms with Crippen LogP contribution in [0, 0.1) is 0 Å². The summed E-state index contributed by atoms with van der Waals surface area (Å²) in [7, 11) is 1.66. The molecule has 2 aromatic rings. The van der Waals surface area contributed by atoms with E-state index in [0.29, 0.717) is 13.2 Å². The lowest BCUT2D eigenvalue weighted by molar-refractivity contribution is 0.0921. The van der Waals surface area contributed by atoms with Crippen LogP contribution in [0.25, 0.3) is 0 Å². The van der Waals surface area contributed by atoms with Gasteiger partial charge in [0.05, 0.1) is 20.0 Å². The summed E-state index contributed by atoms with van der Waals surface area (Å²) < 4.78 is 16.3. The van der Waals surface area contributed by atoms with Crippen LogP contribution in [0.2, 0.25) is 0 Å². The van der Waals surface area contributed by atoms with Crippen molar-refractivity contribution >= 4 is 0 Å². The number of nitrogens with one attached hydrogen (secondary N) is 1. The molecule has 20 heavy (non-hydrogen) atoms. The molecule has 1 aromatic heterocycles. The Morgan fingerprint density at radius 3 is 2.60 bits per heavy atom. The van der Waals surface area contributed by atoms with Crippen molar-refractivity contribution in [2.24, 2.45) is 0 Å². The zero-order chi connectivity index (χ0) is 14.2. The van der Waals surface area contributed by atoms with Crippen LogP contribution in [0.4, 0.5) is 0 Å². The van der Waals surface area contributed by atoms with Gasteiger partial charge in [-0.3, -0.25) is 0 Å². The van der Waals surface area contributed by atoms with Crippen molar-refractivity contribution < 1.29 is 13.9 Å². The summed E-state index contributed by atoms with van der Waals surface area (Å²) >= 11 is 0. The SMILES string of the molecule is CCNCc1ccoc1COCc1ccc(OC)cc1. The first-order valence-corrected chi connectivity index (χ1v) is 6.80. The highest BCUT2D eigenvalue weighted by molar-refractivity contribution is 5.26. The van der Waals surface area contributed by atoms with Crippen LogP contribution in [0.3, 0.4) is 0 Å². The Labute approximate surface area is 119 Å². The van der Waals surface area contributed by atoms with Crippen molar-refractivity contribution in [2.45, 2.75) is 26.7 Å². The highest BCUT2D eigenvalue weighted by Crippen LogP contribution is 2.15. The first-order valence-electron chi connectivity index (χ1n) is 6.80. The third-order valence-electron chi connectivity index (χ3n) is 3.06. The van der Waals surface area contributed by atoms with Gasteiger partial charge in [0.1, 0.15) is 18.1 Å². The lowest BCUT2D eigenvalue weighted by Crippen LogP contribution is -2.12. The van der Waals surface area contributed by atoms with E-state index in [1.54, 1.807) is 13.4 Å². The molecule has 0 aliphatic rings. The second-order valence-corrected chi connectivity index (χ2v) is 4.49. The molecule has 0 saturated carbocycles. The molecular weight excluding hydrogens is 254 g/mol. The number of benzene rings is 1. The fourth-order valence-electron chi connectivity index (χ4n) is 1.89. The summed E-state index contributed by atoms with van der Waals surface area (Å²) in [6.07, 6.45) is 1.71. The molecule has 1 aromatic carbocycles. The lowest BCUT2D eigenvalue weighted by atomic mass is 10.2. The van der Waals surface area contributed by atoms with Gasteiger partial charge in [-0.1, -0.05) is 19.1 Å². The van der Waals surface area contributed by atoms with E-state index in [-0.39, 0.29) is 0 Å². The average Bonchev–Trinajstić information content (AvgIpc) is 2.93. The smallest absolute Gasteiger partial charge is 0.133 e. The number of furan rings is 1. The van der Waals surface area contributed by atoms with Gasteiger partial charge < -0.3 is 19.2 Å². The van der Waals surface area contributed by atoms with Crippen LogP contribution >= 0.6 is 0 Å². The van der Waals surface area contributed by atoms with Crippen LogP contribution < -0.4 is 10.1 Å². The number of hydrogen-bond acceptors (Lipinski definition) is 4. The van der Waals surface area contributed by atoms with Gasteiger partial charge in [-0.25, -0.2) is 0 Å².